The lowest BCUT2D eigenvalue weighted by Gasteiger charge is -2.27. The molecule has 2 aliphatic rings. The van der Waals surface area contributed by atoms with Gasteiger partial charge in [-0.2, -0.15) is 10.1 Å². The van der Waals surface area contributed by atoms with Crippen molar-refractivity contribution in [3.63, 3.8) is 0 Å². The SMILES string of the molecule is COc1nc2c(cc1Nc1ncc3cnn(C[C@@H]4CC[C@H](C)N4C(C)=O)c3n1)CN(C)CC2. The number of fused-ring (bicyclic) bond motifs is 2. The normalized spacial score (nSPS) is 20.8. The zero-order valence-electron chi connectivity index (χ0n) is 19.6. The van der Waals surface area contributed by atoms with Crippen LogP contribution in [-0.4, -0.2) is 73.2 Å². The topological polar surface area (TPSA) is 101 Å². The Morgan fingerprint density at radius 2 is 2.12 bits per heavy atom. The Hall–Kier alpha value is -3.27. The monoisotopic (exact) mass is 450 g/mol. The van der Waals surface area contributed by atoms with Crippen LogP contribution in [0.15, 0.2) is 18.5 Å². The minimum absolute atomic E-state index is 0.107. The van der Waals surface area contributed by atoms with Gasteiger partial charge < -0.3 is 19.9 Å². The molecule has 0 spiro atoms. The van der Waals surface area contributed by atoms with Gasteiger partial charge in [0.25, 0.3) is 0 Å². The summed E-state index contributed by atoms with van der Waals surface area (Å²) in [5.74, 6) is 1.10. The number of hydrogen-bond donors (Lipinski definition) is 1. The third-order valence-corrected chi connectivity index (χ3v) is 6.68. The summed E-state index contributed by atoms with van der Waals surface area (Å²) >= 11 is 0. The van der Waals surface area contributed by atoms with Gasteiger partial charge in [0.2, 0.25) is 17.7 Å². The highest BCUT2D eigenvalue weighted by atomic mass is 16.5. The Balaban J connectivity index is 1.43. The maximum Gasteiger partial charge on any atom is 0.237 e. The molecule has 5 rings (SSSR count). The number of likely N-dealkylation sites (N-methyl/N-ethyl adjacent to an activating group) is 1. The fraction of sp³-hybridized carbons (Fsp3) is 0.522. The summed E-state index contributed by atoms with van der Waals surface area (Å²) in [5.41, 5.74) is 3.73. The van der Waals surface area contributed by atoms with E-state index in [9.17, 15) is 4.79 Å². The number of carbonyl (C=O) groups is 1. The summed E-state index contributed by atoms with van der Waals surface area (Å²) < 4.78 is 7.41. The second-order valence-electron chi connectivity index (χ2n) is 9.07. The molecule has 0 aliphatic carbocycles. The maximum atomic E-state index is 12.1. The molecular formula is C23H30N8O2. The van der Waals surface area contributed by atoms with E-state index in [1.165, 1.54) is 5.56 Å². The Morgan fingerprint density at radius 1 is 1.27 bits per heavy atom. The van der Waals surface area contributed by atoms with E-state index in [1.54, 1.807) is 26.4 Å². The van der Waals surface area contributed by atoms with Crippen LogP contribution in [-0.2, 0) is 24.3 Å². The van der Waals surface area contributed by atoms with Crippen molar-refractivity contribution in [2.45, 2.75) is 58.3 Å². The molecule has 0 aromatic carbocycles. The van der Waals surface area contributed by atoms with Crippen molar-refractivity contribution in [1.82, 2.24) is 34.5 Å². The average molecular weight is 451 g/mol. The van der Waals surface area contributed by atoms with Gasteiger partial charge in [-0.05, 0) is 38.4 Å². The summed E-state index contributed by atoms with van der Waals surface area (Å²) in [6.07, 6.45) is 6.41. The van der Waals surface area contributed by atoms with Gasteiger partial charge in [0.15, 0.2) is 5.65 Å². The van der Waals surface area contributed by atoms with Crippen LogP contribution in [0.3, 0.4) is 0 Å². The minimum Gasteiger partial charge on any atom is -0.480 e. The van der Waals surface area contributed by atoms with Crippen LogP contribution in [0.5, 0.6) is 5.88 Å². The van der Waals surface area contributed by atoms with Crippen LogP contribution in [0.1, 0.15) is 37.9 Å². The average Bonchev–Trinajstić information content (AvgIpc) is 3.36. The third kappa shape index (κ3) is 4.10. The first kappa shape index (κ1) is 21.6. The molecule has 0 bridgehead atoms. The van der Waals surface area contributed by atoms with E-state index in [4.69, 9.17) is 14.7 Å². The number of nitrogens with zero attached hydrogens (tertiary/aromatic N) is 7. The molecule has 0 unspecified atom stereocenters. The van der Waals surface area contributed by atoms with E-state index in [-0.39, 0.29) is 18.0 Å². The molecule has 2 atom stereocenters. The smallest absolute Gasteiger partial charge is 0.237 e. The van der Waals surface area contributed by atoms with Crippen LogP contribution in [0.25, 0.3) is 11.0 Å². The molecule has 5 heterocycles. The number of nitrogens with one attached hydrogen (secondary N) is 1. The molecule has 1 fully saturated rings. The number of anilines is 2. The van der Waals surface area contributed by atoms with E-state index in [0.717, 1.165) is 54.8 Å². The molecule has 2 aliphatic heterocycles. The van der Waals surface area contributed by atoms with Gasteiger partial charge >= 0.3 is 0 Å². The van der Waals surface area contributed by atoms with Crippen LogP contribution in [0, 0.1) is 0 Å². The van der Waals surface area contributed by atoms with Gasteiger partial charge in [0.1, 0.15) is 5.69 Å². The molecule has 174 valence electrons. The van der Waals surface area contributed by atoms with Crippen LogP contribution in [0.4, 0.5) is 11.6 Å². The lowest BCUT2D eigenvalue weighted by Crippen LogP contribution is -2.40. The van der Waals surface area contributed by atoms with Crippen molar-refractivity contribution >= 4 is 28.6 Å². The molecule has 1 N–H and O–H groups in total. The third-order valence-electron chi connectivity index (χ3n) is 6.68. The lowest BCUT2D eigenvalue weighted by molar-refractivity contribution is -0.131. The zero-order valence-corrected chi connectivity index (χ0v) is 19.6. The fourth-order valence-corrected chi connectivity index (χ4v) is 5.04. The van der Waals surface area contributed by atoms with Crippen molar-refractivity contribution < 1.29 is 9.53 Å². The van der Waals surface area contributed by atoms with Crippen LogP contribution >= 0.6 is 0 Å². The van der Waals surface area contributed by atoms with Crippen LogP contribution in [0.2, 0.25) is 0 Å². The molecule has 1 saturated heterocycles. The fourth-order valence-electron chi connectivity index (χ4n) is 5.04. The maximum absolute atomic E-state index is 12.1. The number of methoxy groups -OCH3 is 1. The minimum atomic E-state index is 0.107. The molecule has 0 radical (unpaired) electrons. The molecular weight excluding hydrogens is 420 g/mol. The van der Waals surface area contributed by atoms with E-state index in [2.05, 4.69) is 40.3 Å². The number of pyridine rings is 1. The van der Waals surface area contributed by atoms with Crippen molar-refractivity contribution in [2.75, 3.05) is 26.0 Å². The van der Waals surface area contributed by atoms with E-state index in [0.29, 0.717) is 18.4 Å². The number of rotatable bonds is 5. The predicted octanol–water partition coefficient (Wildman–Crippen LogP) is 2.36. The summed E-state index contributed by atoms with van der Waals surface area (Å²) in [7, 11) is 3.73. The molecule has 0 saturated carbocycles. The lowest BCUT2D eigenvalue weighted by atomic mass is 10.1. The highest BCUT2D eigenvalue weighted by molar-refractivity contribution is 5.76. The predicted molar refractivity (Wildman–Crippen MR) is 124 cm³/mol. The summed E-state index contributed by atoms with van der Waals surface area (Å²) in [4.78, 5) is 30.3. The summed E-state index contributed by atoms with van der Waals surface area (Å²) in [6, 6.07) is 2.45. The van der Waals surface area contributed by atoms with E-state index in [1.807, 2.05) is 9.58 Å². The quantitative estimate of drug-likeness (QED) is 0.632. The van der Waals surface area contributed by atoms with Gasteiger partial charge in [-0.25, -0.2) is 14.6 Å². The number of amides is 1. The molecule has 10 nitrogen and oxygen atoms in total. The largest absolute Gasteiger partial charge is 0.480 e. The number of likely N-dealkylation sites (tertiary alicyclic amines) is 1. The van der Waals surface area contributed by atoms with Gasteiger partial charge in [-0.15, -0.1) is 0 Å². The van der Waals surface area contributed by atoms with Crippen LogP contribution < -0.4 is 10.1 Å². The van der Waals surface area contributed by atoms with E-state index < -0.39 is 0 Å². The Kier molecular flexibility index (Phi) is 5.61. The summed E-state index contributed by atoms with van der Waals surface area (Å²) in [6.45, 7) is 6.18. The zero-order chi connectivity index (χ0) is 23.1. The van der Waals surface area contributed by atoms with Crippen molar-refractivity contribution in [3.8, 4) is 5.88 Å². The summed E-state index contributed by atoms with van der Waals surface area (Å²) in [5, 5.41) is 8.68. The van der Waals surface area contributed by atoms with Gasteiger partial charge in [-0.3, -0.25) is 4.79 Å². The highest BCUT2D eigenvalue weighted by Crippen LogP contribution is 2.30. The van der Waals surface area contributed by atoms with Crippen molar-refractivity contribution in [1.29, 1.82) is 0 Å². The molecule has 1 amide bonds. The highest BCUT2D eigenvalue weighted by Gasteiger charge is 2.33. The van der Waals surface area contributed by atoms with Gasteiger partial charge in [-0.1, -0.05) is 0 Å². The number of aromatic nitrogens is 5. The standard InChI is InChI=1S/C23H30N8O2/c1-14-5-6-18(31(14)15(2)32)13-30-21-17(11-25-30)10-24-23(28-21)27-20-9-16-12-29(3)8-7-19(16)26-22(20)33-4/h9-11,14,18H,5-8,12-13H2,1-4H3,(H,24,27,28)/t14-,18-/m0/s1. The number of ether oxygens (including phenoxy) is 1. The first-order chi connectivity index (χ1) is 15.9. The second kappa shape index (κ2) is 8.58. The Morgan fingerprint density at radius 3 is 2.91 bits per heavy atom. The molecule has 3 aromatic rings. The number of hydrogen-bond acceptors (Lipinski definition) is 8. The van der Waals surface area contributed by atoms with Gasteiger partial charge in [0.05, 0.1) is 37.0 Å². The van der Waals surface area contributed by atoms with Gasteiger partial charge in [0, 0.05) is 38.7 Å². The second-order valence-corrected chi connectivity index (χ2v) is 9.07. The van der Waals surface area contributed by atoms with Crippen molar-refractivity contribution in [2.24, 2.45) is 0 Å². The Bertz CT molecular complexity index is 1190. The first-order valence-electron chi connectivity index (χ1n) is 11.4. The Labute approximate surface area is 193 Å². The van der Waals surface area contributed by atoms with E-state index >= 15 is 0 Å². The number of carbonyl (C=O) groups excluding carboxylic acids is 1. The molecule has 3 aromatic heterocycles. The van der Waals surface area contributed by atoms with Crippen molar-refractivity contribution in [3.05, 3.63) is 29.7 Å². The molecule has 10 heteroatoms. The molecule has 33 heavy (non-hydrogen) atoms. The first-order valence-corrected chi connectivity index (χ1v) is 11.4.